The number of hydrogen-bond donors (Lipinski definition) is 0. The molecule has 0 radical (unpaired) electrons. The first-order chi connectivity index (χ1) is 11.8. The molecule has 1 fully saturated rings. The van der Waals surface area contributed by atoms with E-state index >= 15 is 0 Å². The minimum Gasteiger partial charge on any atom is -0.465 e. The van der Waals surface area contributed by atoms with Crippen LogP contribution in [0.25, 0.3) is 0 Å². The van der Waals surface area contributed by atoms with Gasteiger partial charge in [0, 0.05) is 6.54 Å². The van der Waals surface area contributed by atoms with Gasteiger partial charge in [0.1, 0.15) is 0 Å². The third-order valence-corrected chi connectivity index (χ3v) is 5.29. The van der Waals surface area contributed by atoms with Gasteiger partial charge in [0.25, 0.3) is 0 Å². The van der Waals surface area contributed by atoms with Gasteiger partial charge in [-0.15, -0.1) is 0 Å². The summed E-state index contributed by atoms with van der Waals surface area (Å²) in [6.45, 7) is 7.98. The number of hydrogen-bond acceptors (Lipinski definition) is 3. The molecule has 3 heteroatoms. The maximum absolute atomic E-state index is 12.8. The van der Waals surface area contributed by atoms with E-state index in [1.807, 2.05) is 18.2 Å². The summed E-state index contributed by atoms with van der Waals surface area (Å²) >= 11 is 0. The summed E-state index contributed by atoms with van der Waals surface area (Å²) in [5, 5.41) is 0. The highest BCUT2D eigenvalue weighted by atomic mass is 16.5. The van der Waals surface area contributed by atoms with E-state index in [-0.39, 0.29) is 11.9 Å². The first kappa shape index (κ1) is 19.0. The van der Waals surface area contributed by atoms with Gasteiger partial charge in [-0.25, -0.2) is 0 Å². The van der Waals surface area contributed by atoms with Gasteiger partial charge < -0.3 is 9.64 Å². The molecule has 134 valence electrons. The molecule has 1 aromatic carbocycles. The van der Waals surface area contributed by atoms with Crippen molar-refractivity contribution in [2.75, 3.05) is 26.2 Å². The zero-order chi connectivity index (χ0) is 17.2. The lowest BCUT2D eigenvalue weighted by molar-refractivity contribution is -0.147. The zero-order valence-electron chi connectivity index (χ0n) is 15.4. The van der Waals surface area contributed by atoms with Crippen LogP contribution in [0.3, 0.4) is 0 Å². The summed E-state index contributed by atoms with van der Waals surface area (Å²) in [5.41, 5.74) is 1.12. The zero-order valence-corrected chi connectivity index (χ0v) is 15.4. The first-order valence-corrected chi connectivity index (χ1v) is 9.70. The highest BCUT2D eigenvalue weighted by Crippen LogP contribution is 2.36. The van der Waals surface area contributed by atoms with Gasteiger partial charge in [0.05, 0.1) is 12.5 Å². The van der Waals surface area contributed by atoms with Gasteiger partial charge in [0.15, 0.2) is 0 Å². The number of nitrogens with zero attached hydrogens (tertiary/aromatic N) is 1. The normalized spacial score (nSPS) is 17.0. The molecule has 0 spiro atoms. The van der Waals surface area contributed by atoms with Crippen LogP contribution in [0.5, 0.6) is 0 Å². The summed E-state index contributed by atoms with van der Waals surface area (Å²) in [7, 11) is 0. The number of benzene rings is 1. The number of carbonyl (C=O) groups excluding carboxylic acids is 1. The molecule has 1 aliphatic carbocycles. The Morgan fingerprint density at radius 3 is 2.42 bits per heavy atom. The third-order valence-electron chi connectivity index (χ3n) is 5.29. The predicted octanol–water partition coefficient (Wildman–Crippen LogP) is 4.63. The Morgan fingerprint density at radius 2 is 1.79 bits per heavy atom. The van der Waals surface area contributed by atoms with Crippen LogP contribution < -0.4 is 0 Å². The molecule has 0 N–H and O–H groups in total. The standard InChI is InChI=1S/C21H33NO2/c1-3-22(4-2)16-11-17-24-21(23)20(18-12-7-5-8-13-18)19-14-9-6-10-15-19/h5,7-8,12-13,19-20H,3-4,6,9-11,14-17H2,1-2H3. The first-order valence-electron chi connectivity index (χ1n) is 9.70. The largest absolute Gasteiger partial charge is 0.465 e. The van der Waals surface area contributed by atoms with Crippen molar-refractivity contribution in [1.29, 1.82) is 0 Å². The van der Waals surface area contributed by atoms with Crippen LogP contribution in [0.15, 0.2) is 30.3 Å². The second kappa shape index (κ2) is 10.5. The van der Waals surface area contributed by atoms with Gasteiger partial charge in [-0.1, -0.05) is 63.4 Å². The molecule has 0 heterocycles. The highest BCUT2D eigenvalue weighted by molar-refractivity contribution is 5.78. The summed E-state index contributed by atoms with van der Waals surface area (Å²) in [6.07, 6.45) is 6.99. The quantitative estimate of drug-likeness (QED) is 0.488. The topological polar surface area (TPSA) is 29.5 Å². The van der Waals surface area contributed by atoms with Crippen LogP contribution in [-0.2, 0) is 9.53 Å². The Balaban J connectivity index is 1.92. The molecule has 1 saturated carbocycles. The number of ether oxygens (including phenoxy) is 1. The fourth-order valence-electron chi connectivity index (χ4n) is 3.82. The van der Waals surface area contributed by atoms with Crippen LogP contribution >= 0.6 is 0 Å². The van der Waals surface area contributed by atoms with Crippen molar-refractivity contribution in [3.63, 3.8) is 0 Å². The lowest BCUT2D eigenvalue weighted by Gasteiger charge is -2.29. The lowest BCUT2D eigenvalue weighted by Crippen LogP contribution is -2.28. The fraction of sp³-hybridized carbons (Fsp3) is 0.667. The van der Waals surface area contributed by atoms with Crippen molar-refractivity contribution in [2.45, 2.75) is 58.3 Å². The van der Waals surface area contributed by atoms with Gasteiger partial charge in [0.2, 0.25) is 0 Å². The molecule has 1 atom stereocenters. The van der Waals surface area contributed by atoms with Crippen molar-refractivity contribution in [3.05, 3.63) is 35.9 Å². The van der Waals surface area contributed by atoms with E-state index in [2.05, 4.69) is 30.9 Å². The van der Waals surface area contributed by atoms with E-state index in [1.165, 1.54) is 19.3 Å². The van der Waals surface area contributed by atoms with Crippen molar-refractivity contribution >= 4 is 5.97 Å². The Labute approximate surface area is 147 Å². The van der Waals surface area contributed by atoms with E-state index in [0.717, 1.165) is 44.5 Å². The average Bonchev–Trinajstić information content (AvgIpc) is 2.64. The Morgan fingerprint density at radius 1 is 1.12 bits per heavy atom. The molecule has 2 rings (SSSR count). The monoisotopic (exact) mass is 331 g/mol. The molecule has 0 amide bonds. The Kier molecular flexibility index (Phi) is 8.31. The highest BCUT2D eigenvalue weighted by Gasteiger charge is 2.32. The third kappa shape index (κ3) is 5.62. The molecule has 1 unspecified atom stereocenters. The second-order valence-electron chi connectivity index (χ2n) is 6.83. The van der Waals surface area contributed by atoms with Crippen LogP contribution in [0.4, 0.5) is 0 Å². The molecule has 3 nitrogen and oxygen atoms in total. The maximum atomic E-state index is 12.8. The van der Waals surface area contributed by atoms with Crippen molar-refractivity contribution in [1.82, 2.24) is 4.90 Å². The van der Waals surface area contributed by atoms with Gasteiger partial charge in [-0.3, -0.25) is 4.79 Å². The summed E-state index contributed by atoms with van der Waals surface area (Å²) in [5.74, 6) is 0.337. The van der Waals surface area contributed by atoms with Crippen molar-refractivity contribution in [3.8, 4) is 0 Å². The van der Waals surface area contributed by atoms with Crippen molar-refractivity contribution in [2.24, 2.45) is 5.92 Å². The average molecular weight is 332 g/mol. The van der Waals surface area contributed by atoms with E-state index in [1.54, 1.807) is 0 Å². The summed E-state index contributed by atoms with van der Waals surface area (Å²) in [4.78, 5) is 15.2. The van der Waals surface area contributed by atoms with Crippen LogP contribution in [0.1, 0.15) is 63.9 Å². The molecular formula is C21H33NO2. The SMILES string of the molecule is CCN(CC)CCCOC(=O)C(c1ccccc1)C1CCCCC1. The van der Waals surface area contributed by atoms with E-state index < -0.39 is 0 Å². The molecule has 0 aromatic heterocycles. The molecule has 0 saturated heterocycles. The predicted molar refractivity (Wildman–Crippen MR) is 99.1 cm³/mol. The van der Waals surface area contributed by atoms with Crippen molar-refractivity contribution < 1.29 is 9.53 Å². The van der Waals surface area contributed by atoms with Gasteiger partial charge in [-0.2, -0.15) is 0 Å². The molecule has 0 bridgehead atoms. The molecular weight excluding hydrogens is 298 g/mol. The summed E-state index contributed by atoms with van der Waals surface area (Å²) in [6, 6.07) is 10.2. The van der Waals surface area contributed by atoms with E-state index in [4.69, 9.17) is 4.74 Å². The van der Waals surface area contributed by atoms with Crippen LogP contribution in [0.2, 0.25) is 0 Å². The lowest BCUT2D eigenvalue weighted by atomic mass is 9.77. The van der Waals surface area contributed by atoms with Crippen LogP contribution in [-0.4, -0.2) is 37.1 Å². The van der Waals surface area contributed by atoms with Gasteiger partial charge >= 0.3 is 5.97 Å². The van der Waals surface area contributed by atoms with Crippen LogP contribution in [0, 0.1) is 5.92 Å². The second-order valence-corrected chi connectivity index (χ2v) is 6.83. The number of esters is 1. The molecule has 24 heavy (non-hydrogen) atoms. The maximum Gasteiger partial charge on any atom is 0.313 e. The minimum absolute atomic E-state index is 0.0207. The fourth-order valence-corrected chi connectivity index (χ4v) is 3.82. The van der Waals surface area contributed by atoms with Gasteiger partial charge in [-0.05, 0) is 43.8 Å². The number of carbonyl (C=O) groups is 1. The van der Waals surface area contributed by atoms with E-state index in [9.17, 15) is 4.79 Å². The molecule has 1 aromatic rings. The molecule has 1 aliphatic rings. The van der Waals surface area contributed by atoms with E-state index in [0.29, 0.717) is 12.5 Å². The molecule has 0 aliphatic heterocycles. The Hall–Kier alpha value is -1.35. The minimum atomic E-state index is -0.0834. The number of rotatable bonds is 9. The smallest absolute Gasteiger partial charge is 0.313 e. The summed E-state index contributed by atoms with van der Waals surface area (Å²) < 4.78 is 5.69. The Bertz CT molecular complexity index is 464.